The number of piperazine rings is 1. The Bertz CT molecular complexity index is 580. The summed E-state index contributed by atoms with van der Waals surface area (Å²) in [6.45, 7) is 8.96. The van der Waals surface area contributed by atoms with Crippen LogP contribution in [0.2, 0.25) is 0 Å². The Kier molecular flexibility index (Phi) is 6.72. The van der Waals surface area contributed by atoms with Crippen LogP contribution in [0.3, 0.4) is 0 Å². The second-order valence-electron chi connectivity index (χ2n) is 7.42. The Labute approximate surface area is 156 Å². The van der Waals surface area contributed by atoms with E-state index in [0.29, 0.717) is 12.0 Å². The van der Waals surface area contributed by atoms with Gasteiger partial charge in [-0.05, 0) is 57.0 Å². The number of likely N-dealkylation sites (tertiary alicyclic amines) is 1. The lowest BCUT2D eigenvalue weighted by Crippen LogP contribution is -2.51. The molecule has 0 radical (unpaired) electrons. The molecule has 2 N–H and O–H groups in total. The van der Waals surface area contributed by atoms with Crippen LogP contribution in [-0.4, -0.2) is 67.6 Å². The number of rotatable bonds is 5. The Morgan fingerprint density at radius 3 is 2.54 bits per heavy atom. The molecule has 0 aromatic heterocycles. The minimum atomic E-state index is -0.192. The molecule has 1 unspecified atom stereocenters. The van der Waals surface area contributed by atoms with Crippen LogP contribution in [-0.2, 0) is 0 Å². The van der Waals surface area contributed by atoms with Crippen molar-refractivity contribution in [1.29, 1.82) is 0 Å². The number of nitrogens with zero attached hydrogens (tertiary/aromatic N) is 4. The van der Waals surface area contributed by atoms with E-state index >= 15 is 0 Å². The highest BCUT2D eigenvalue weighted by atomic mass is 19.1. The average molecular weight is 362 g/mol. The van der Waals surface area contributed by atoms with Crippen molar-refractivity contribution >= 4 is 11.6 Å². The van der Waals surface area contributed by atoms with Gasteiger partial charge in [0, 0.05) is 51.0 Å². The molecule has 2 fully saturated rings. The summed E-state index contributed by atoms with van der Waals surface area (Å²) < 4.78 is 13.0. The summed E-state index contributed by atoms with van der Waals surface area (Å²) in [5, 5.41) is 0. The molecule has 6 heteroatoms. The first kappa shape index (κ1) is 19.0. The van der Waals surface area contributed by atoms with E-state index in [1.54, 1.807) is 0 Å². The topological polar surface area (TPSA) is 48.1 Å². The molecule has 1 atom stereocenters. The van der Waals surface area contributed by atoms with Crippen molar-refractivity contribution in [1.82, 2.24) is 9.80 Å². The van der Waals surface area contributed by atoms with Crippen LogP contribution < -0.4 is 10.6 Å². The predicted octanol–water partition coefficient (Wildman–Crippen LogP) is 2.53. The zero-order chi connectivity index (χ0) is 18.4. The van der Waals surface area contributed by atoms with Gasteiger partial charge in [-0.3, -0.25) is 4.99 Å². The molecule has 0 saturated carbocycles. The lowest BCUT2D eigenvalue weighted by molar-refractivity contribution is 0.160. The number of hydrogen-bond acceptors (Lipinski definition) is 3. The number of aliphatic imine (C=N–C) groups is 1. The highest BCUT2D eigenvalue weighted by Crippen LogP contribution is 2.17. The van der Waals surface area contributed by atoms with Crippen LogP contribution in [0.15, 0.2) is 29.3 Å². The minimum absolute atomic E-state index is 0.192. The summed E-state index contributed by atoms with van der Waals surface area (Å²) in [7, 11) is 0. The third-order valence-corrected chi connectivity index (χ3v) is 5.61. The monoisotopic (exact) mass is 361 g/mol. The van der Waals surface area contributed by atoms with E-state index in [2.05, 4.69) is 26.6 Å². The Hall–Kier alpha value is -1.82. The second kappa shape index (κ2) is 9.21. The van der Waals surface area contributed by atoms with Crippen molar-refractivity contribution in [3.8, 4) is 0 Å². The summed E-state index contributed by atoms with van der Waals surface area (Å²) in [6.07, 6.45) is 5.09. The number of piperidine rings is 1. The van der Waals surface area contributed by atoms with Gasteiger partial charge in [-0.1, -0.05) is 6.42 Å². The van der Waals surface area contributed by atoms with Crippen molar-refractivity contribution in [3.05, 3.63) is 30.1 Å². The molecule has 2 heterocycles. The van der Waals surface area contributed by atoms with E-state index < -0.39 is 0 Å². The molecule has 26 heavy (non-hydrogen) atoms. The van der Waals surface area contributed by atoms with Crippen molar-refractivity contribution in [3.63, 3.8) is 0 Å². The highest BCUT2D eigenvalue weighted by molar-refractivity contribution is 5.78. The molecule has 1 aromatic rings. The van der Waals surface area contributed by atoms with Gasteiger partial charge >= 0.3 is 0 Å². The SMILES string of the molecule is CC1CCCCN1CCCN=C(N)N1CCN(c2ccc(F)cc2)CC1. The van der Waals surface area contributed by atoms with Gasteiger partial charge in [0.05, 0.1) is 0 Å². The number of nitrogens with two attached hydrogens (primary N) is 1. The fraction of sp³-hybridized carbons (Fsp3) is 0.650. The van der Waals surface area contributed by atoms with E-state index in [1.165, 1.54) is 37.9 Å². The second-order valence-corrected chi connectivity index (χ2v) is 7.42. The van der Waals surface area contributed by atoms with Crippen molar-refractivity contribution in [2.75, 3.05) is 50.7 Å². The smallest absolute Gasteiger partial charge is 0.191 e. The maximum atomic E-state index is 13.0. The molecule has 0 spiro atoms. The lowest BCUT2D eigenvalue weighted by atomic mass is 10.0. The fourth-order valence-electron chi connectivity index (χ4n) is 3.90. The molecular weight excluding hydrogens is 329 g/mol. The molecule has 2 aliphatic heterocycles. The number of halogens is 1. The Morgan fingerprint density at radius 1 is 1.12 bits per heavy atom. The molecule has 3 rings (SSSR count). The normalized spacial score (nSPS) is 22.7. The molecule has 2 saturated heterocycles. The molecular formula is C20H32FN5. The first-order chi connectivity index (χ1) is 12.6. The van der Waals surface area contributed by atoms with Gasteiger partial charge in [0.15, 0.2) is 5.96 Å². The maximum Gasteiger partial charge on any atom is 0.191 e. The van der Waals surface area contributed by atoms with Gasteiger partial charge in [0.1, 0.15) is 5.82 Å². The highest BCUT2D eigenvalue weighted by Gasteiger charge is 2.19. The van der Waals surface area contributed by atoms with Gasteiger partial charge in [-0.2, -0.15) is 0 Å². The van der Waals surface area contributed by atoms with Gasteiger partial charge < -0.3 is 20.4 Å². The summed E-state index contributed by atoms with van der Waals surface area (Å²) in [4.78, 5) is 11.6. The molecule has 0 bridgehead atoms. The molecule has 0 amide bonds. The molecule has 1 aromatic carbocycles. The van der Waals surface area contributed by atoms with Gasteiger partial charge in [-0.25, -0.2) is 4.39 Å². The van der Waals surface area contributed by atoms with Crippen molar-refractivity contribution < 1.29 is 4.39 Å². The molecule has 5 nitrogen and oxygen atoms in total. The summed E-state index contributed by atoms with van der Waals surface area (Å²) in [5.74, 6) is 0.471. The quantitative estimate of drug-likeness (QED) is 0.497. The molecule has 2 aliphatic rings. The van der Waals surface area contributed by atoms with Crippen LogP contribution >= 0.6 is 0 Å². The predicted molar refractivity (Wildman–Crippen MR) is 106 cm³/mol. The van der Waals surface area contributed by atoms with Gasteiger partial charge in [0.25, 0.3) is 0 Å². The fourth-order valence-corrected chi connectivity index (χ4v) is 3.90. The van der Waals surface area contributed by atoms with Crippen LogP contribution in [0, 0.1) is 5.82 Å². The zero-order valence-electron chi connectivity index (χ0n) is 15.9. The van der Waals surface area contributed by atoms with Gasteiger partial charge in [0.2, 0.25) is 0 Å². The van der Waals surface area contributed by atoms with E-state index in [0.717, 1.165) is 51.4 Å². The molecule has 0 aliphatic carbocycles. The largest absolute Gasteiger partial charge is 0.370 e. The standard InChI is InChI=1S/C20H32FN5/c1-17-5-2-3-11-24(17)12-4-10-23-20(22)26-15-13-25(14-16-26)19-8-6-18(21)7-9-19/h6-9,17H,2-5,10-16H2,1H3,(H2,22,23). The van der Waals surface area contributed by atoms with Crippen molar-refractivity contribution in [2.45, 2.75) is 38.6 Å². The first-order valence-electron chi connectivity index (χ1n) is 9.93. The Balaban J connectivity index is 1.39. The van der Waals surface area contributed by atoms with Crippen molar-refractivity contribution in [2.24, 2.45) is 10.7 Å². The number of anilines is 1. The van der Waals surface area contributed by atoms with E-state index in [-0.39, 0.29) is 5.82 Å². The van der Waals surface area contributed by atoms with Crippen LogP contribution in [0.25, 0.3) is 0 Å². The van der Waals surface area contributed by atoms with Crippen LogP contribution in [0.4, 0.5) is 10.1 Å². The third kappa shape index (κ3) is 5.10. The van der Waals surface area contributed by atoms with E-state index in [9.17, 15) is 4.39 Å². The van der Waals surface area contributed by atoms with Crippen LogP contribution in [0.5, 0.6) is 0 Å². The van der Waals surface area contributed by atoms with E-state index in [4.69, 9.17) is 5.73 Å². The summed E-state index contributed by atoms with van der Waals surface area (Å²) in [5.41, 5.74) is 7.26. The maximum absolute atomic E-state index is 13.0. The minimum Gasteiger partial charge on any atom is -0.370 e. The number of guanidine groups is 1. The first-order valence-corrected chi connectivity index (χ1v) is 9.93. The van der Waals surface area contributed by atoms with Crippen LogP contribution in [0.1, 0.15) is 32.6 Å². The Morgan fingerprint density at radius 2 is 1.85 bits per heavy atom. The van der Waals surface area contributed by atoms with Gasteiger partial charge in [-0.15, -0.1) is 0 Å². The summed E-state index contributed by atoms with van der Waals surface area (Å²) >= 11 is 0. The molecule has 144 valence electrons. The number of benzene rings is 1. The average Bonchev–Trinajstić information content (AvgIpc) is 2.67. The lowest BCUT2D eigenvalue weighted by Gasteiger charge is -2.36. The third-order valence-electron chi connectivity index (χ3n) is 5.61. The zero-order valence-corrected chi connectivity index (χ0v) is 15.9. The number of hydrogen-bond donors (Lipinski definition) is 1. The summed E-state index contributed by atoms with van der Waals surface area (Å²) in [6, 6.07) is 7.42. The van der Waals surface area contributed by atoms with E-state index in [1.807, 2.05) is 12.1 Å².